The molecule has 8 nitrogen and oxygen atoms in total. The molecule has 5 rings (SSSR count). The predicted octanol–water partition coefficient (Wildman–Crippen LogP) is 5.13. The Morgan fingerprint density at radius 1 is 1.15 bits per heavy atom. The predicted molar refractivity (Wildman–Crippen MR) is 141 cm³/mol. The number of urea groups is 1. The summed E-state index contributed by atoms with van der Waals surface area (Å²) in [5, 5.41) is 13.0. The van der Waals surface area contributed by atoms with E-state index in [9.17, 15) is 4.79 Å². The Hall–Kier alpha value is -3.34. The first-order chi connectivity index (χ1) is 16.6. The Morgan fingerprint density at radius 2 is 2.09 bits per heavy atom. The summed E-state index contributed by atoms with van der Waals surface area (Å²) in [7, 11) is 0. The number of anilines is 3. The molecule has 0 bridgehead atoms. The van der Waals surface area contributed by atoms with Crippen molar-refractivity contribution < 1.29 is 4.79 Å². The smallest absolute Gasteiger partial charge is 0.325 e. The standard InChI is InChI=1S/C24H25N7OS2/c1-15-3-2-4-17(11-15)30-23(32)31-24-27-13-18(33-24)7-10-26-22-21-19(28-14-29-22)12-20(34-21)16-5-8-25-9-6-16/h2-5,11-14,25H,6-10H2,1H3,(H,26,28,29)(H2,27,30,31,32). The molecule has 4 aromatic rings. The number of fused-ring (bicyclic) bond motifs is 1. The van der Waals surface area contributed by atoms with Gasteiger partial charge >= 0.3 is 6.03 Å². The van der Waals surface area contributed by atoms with Crippen molar-refractivity contribution in [1.29, 1.82) is 0 Å². The Morgan fingerprint density at radius 3 is 2.94 bits per heavy atom. The number of benzene rings is 1. The number of thiazole rings is 1. The van der Waals surface area contributed by atoms with E-state index in [1.54, 1.807) is 23.9 Å². The van der Waals surface area contributed by atoms with Crippen molar-refractivity contribution in [2.75, 3.05) is 35.6 Å². The highest BCUT2D eigenvalue weighted by Crippen LogP contribution is 2.34. The van der Waals surface area contributed by atoms with Gasteiger partial charge in [-0.3, -0.25) is 5.32 Å². The molecule has 0 spiro atoms. The normalized spacial score (nSPS) is 13.5. The molecule has 4 N–H and O–H groups in total. The highest BCUT2D eigenvalue weighted by molar-refractivity contribution is 7.20. The van der Waals surface area contributed by atoms with E-state index in [0.717, 1.165) is 58.1 Å². The van der Waals surface area contributed by atoms with Crippen LogP contribution in [-0.4, -0.2) is 40.6 Å². The topological polar surface area (TPSA) is 104 Å². The number of hydrogen-bond acceptors (Lipinski definition) is 8. The molecule has 4 heterocycles. The Bertz CT molecular complexity index is 1340. The maximum Gasteiger partial charge on any atom is 0.325 e. The third-order valence-corrected chi connectivity index (χ3v) is 7.58. The summed E-state index contributed by atoms with van der Waals surface area (Å²) in [5.41, 5.74) is 4.19. The molecule has 0 atom stereocenters. The van der Waals surface area contributed by atoms with Gasteiger partial charge in [0.25, 0.3) is 0 Å². The lowest BCUT2D eigenvalue weighted by Crippen LogP contribution is -2.19. The lowest BCUT2D eigenvalue weighted by molar-refractivity contribution is 0.262. The number of amides is 2. The van der Waals surface area contributed by atoms with Crippen LogP contribution in [0.25, 0.3) is 15.8 Å². The molecule has 1 aromatic carbocycles. The van der Waals surface area contributed by atoms with Crippen LogP contribution in [0.2, 0.25) is 0 Å². The zero-order valence-electron chi connectivity index (χ0n) is 18.7. The number of rotatable bonds is 7. The Balaban J connectivity index is 1.17. The number of nitrogens with zero attached hydrogens (tertiary/aromatic N) is 3. The van der Waals surface area contributed by atoms with E-state index in [0.29, 0.717) is 11.7 Å². The fourth-order valence-electron chi connectivity index (χ4n) is 3.75. The Labute approximate surface area is 205 Å². The summed E-state index contributed by atoms with van der Waals surface area (Å²) in [4.78, 5) is 27.8. The fourth-order valence-corrected chi connectivity index (χ4v) is 5.70. The zero-order valence-corrected chi connectivity index (χ0v) is 20.4. The summed E-state index contributed by atoms with van der Waals surface area (Å²) in [5.74, 6) is 0.858. The van der Waals surface area contributed by atoms with Gasteiger partial charge in [0.15, 0.2) is 5.13 Å². The summed E-state index contributed by atoms with van der Waals surface area (Å²) in [6, 6.07) is 9.53. The van der Waals surface area contributed by atoms with Gasteiger partial charge < -0.3 is 16.0 Å². The minimum Gasteiger partial charge on any atom is -0.368 e. The van der Waals surface area contributed by atoms with Crippen molar-refractivity contribution in [3.8, 4) is 0 Å². The van der Waals surface area contributed by atoms with Crippen molar-refractivity contribution in [3.63, 3.8) is 0 Å². The molecule has 0 radical (unpaired) electrons. The van der Waals surface area contributed by atoms with Crippen LogP contribution in [0.4, 0.5) is 21.4 Å². The van der Waals surface area contributed by atoms with Crippen LogP contribution in [0.1, 0.15) is 21.7 Å². The molecule has 10 heteroatoms. The van der Waals surface area contributed by atoms with Gasteiger partial charge in [0.05, 0.1) is 10.2 Å². The summed E-state index contributed by atoms with van der Waals surface area (Å²) in [6.07, 6.45) is 7.48. The van der Waals surface area contributed by atoms with Gasteiger partial charge in [0, 0.05) is 41.1 Å². The van der Waals surface area contributed by atoms with Crippen molar-refractivity contribution >= 4 is 61.1 Å². The number of carbonyl (C=O) groups is 1. The van der Waals surface area contributed by atoms with E-state index in [1.165, 1.54) is 21.8 Å². The van der Waals surface area contributed by atoms with Gasteiger partial charge in [-0.25, -0.2) is 19.7 Å². The summed E-state index contributed by atoms with van der Waals surface area (Å²) < 4.78 is 1.08. The Kier molecular flexibility index (Phi) is 6.79. The van der Waals surface area contributed by atoms with E-state index in [4.69, 9.17) is 0 Å². The molecule has 1 aliphatic rings. The molecule has 1 aliphatic heterocycles. The highest BCUT2D eigenvalue weighted by Gasteiger charge is 2.13. The minimum absolute atomic E-state index is 0.301. The average molecular weight is 492 g/mol. The molecule has 34 heavy (non-hydrogen) atoms. The number of carbonyl (C=O) groups excluding carboxylic acids is 1. The lowest BCUT2D eigenvalue weighted by atomic mass is 10.1. The molecule has 174 valence electrons. The number of aromatic nitrogens is 3. The first kappa shape index (κ1) is 22.5. The number of nitrogens with one attached hydrogen (secondary N) is 4. The molecule has 0 fully saturated rings. The largest absolute Gasteiger partial charge is 0.368 e. The first-order valence-electron chi connectivity index (χ1n) is 11.1. The van der Waals surface area contributed by atoms with Crippen molar-refractivity contribution in [2.45, 2.75) is 19.8 Å². The fraction of sp³-hybridized carbons (Fsp3) is 0.250. The average Bonchev–Trinajstić information content (AvgIpc) is 3.47. The third-order valence-electron chi connectivity index (χ3n) is 5.41. The van der Waals surface area contributed by atoms with Crippen molar-refractivity contribution in [3.05, 3.63) is 64.2 Å². The lowest BCUT2D eigenvalue weighted by Gasteiger charge is -2.11. The second-order valence-corrected chi connectivity index (χ2v) is 10.2. The van der Waals surface area contributed by atoms with Crippen LogP contribution < -0.4 is 21.3 Å². The molecule has 0 unspecified atom stereocenters. The van der Waals surface area contributed by atoms with Gasteiger partial charge in [0.1, 0.15) is 12.1 Å². The second-order valence-electron chi connectivity index (χ2n) is 7.99. The van der Waals surface area contributed by atoms with Gasteiger partial charge in [-0.05, 0) is 49.2 Å². The minimum atomic E-state index is -0.301. The summed E-state index contributed by atoms with van der Waals surface area (Å²) in [6.45, 7) is 4.62. The van der Waals surface area contributed by atoms with Crippen LogP contribution in [0.5, 0.6) is 0 Å². The van der Waals surface area contributed by atoms with E-state index in [2.05, 4.69) is 48.4 Å². The van der Waals surface area contributed by atoms with Gasteiger partial charge in [-0.2, -0.15) is 0 Å². The summed E-state index contributed by atoms with van der Waals surface area (Å²) >= 11 is 3.21. The molecular weight excluding hydrogens is 466 g/mol. The van der Waals surface area contributed by atoms with Crippen molar-refractivity contribution in [2.24, 2.45) is 0 Å². The van der Waals surface area contributed by atoms with E-state index in [1.807, 2.05) is 31.2 Å². The SMILES string of the molecule is Cc1cccc(NC(=O)Nc2ncc(CCNc3ncnc4cc(C5=CCNCC5)sc34)s2)c1. The van der Waals surface area contributed by atoms with E-state index >= 15 is 0 Å². The monoisotopic (exact) mass is 491 g/mol. The molecule has 2 amide bonds. The number of thiophene rings is 1. The molecule has 3 aromatic heterocycles. The van der Waals surface area contributed by atoms with Crippen LogP contribution in [0.3, 0.4) is 0 Å². The van der Waals surface area contributed by atoms with Gasteiger partial charge in [-0.1, -0.05) is 18.2 Å². The van der Waals surface area contributed by atoms with E-state index in [-0.39, 0.29) is 6.03 Å². The molecule has 0 saturated heterocycles. The zero-order chi connectivity index (χ0) is 23.3. The van der Waals surface area contributed by atoms with E-state index < -0.39 is 0 Å². The molecule has 0 saturated carbocycles. The van der Waals surface area contributed by atoms with Crippen LogP contribution in [-0.2, 0) is 6.42 Å². The number of hydrogen-bond donors (Lipinski definition) is 4. The van der Waals surface area contributed by atoms with Crippen LogP contribution in [0, 0.1) is 6.92 Å². The third kappa shape index (κ3) is 5.41. The van der Waals surface area contributed by atoms with Crippen LogP contribution >= 0.6 is 22.7 Å². The maximum atomic E-state index is 12.3. The molecular formula is C24H25N7OS2. The second kappa shape index (κ2) is 10.3. The van der Waals surface area contributed by atoms with Crippen LogP contribution in [0.15, 0.2) is 48.9 Å². The molecule has 0 aliphatic carbocycles. The quantitative estimate of drug-likeness (QED) is 0.286. The van der Waals surface area contributed by atoms with Crippen molar-refractivity contribution in [1.82, 2.24) is 20.3 Å². The number of aryl methyl sites for hydroxylation is 1. The van der Waals surface area contributed by atoms with Gasteiger partial charge in [-0.15, -0.1) is 22.7 Å². The first-order valence-corrected chi connectivity index (χ1v) is 12.8. The van der Waals surface area contributed by atoms with Gasteiger partial charge in [0.2, 0.25) is 0 Å². The highest BCUT2D eigenvalue weighted by atomic mass is 32.1. The maximum absolute atomic E-state index is 12.3.